The second-order valence-electron chi connectivity index (χ2n) is 2.18. The second kappa shape index (κ2) is 4.73. The predicted octanol–water partition coefficient (Wildman–Crippen LogP) is -0.172. The molecule has 0 radical (unpaired) electrons. The van der Waals surface area contributed by atoms with Gasteiger partial charge in [-0.05, 0) is 0 Å². The van der Waals surface area contributed by atoms with Gasteiger partial charge in [0.1, 0.15) is 0 Å². The molecule has 1 rings (SSSR count). The van der Waals surface area contributed by atoms with E-state index < -0.39 is 11.5 Å². The molecular weight excluding hydrogens is 291 g/mol. The van der Waals surface area contributed by atoms with Gasteiger partial charge in [-0.25, -0.2) is 4.98 Å². The molecule has 1 atom stereocenters. The number of rotatable bonds is 3. The molecule has 0 saturated carbocycles. The summed E-state index contributed by atoms with van der Waals surface area (Å²) in [5.74, 6) is 0.103. The maximum absolute atomic E-state index is 12.3. The van der Waals surface area contributed by atoms with Crippen molar-refractivity contribution in [1.29, 1.82) is 0 Å². The van der Waals surface area contributed by atoms with E-state index in [9.17, 15) is 4.39 Å². The summed E-state index contributed by atoms with van der Waals surface area (Å²) >= 11 is 1.44. The Labute approximate surface area is 88.0 Å². The molecule has 0 aliphatic carbocycles. The summed E-state index contributed by atoms with van der Waals surface area (Å²) in [6, 6.07) is 2.76. The summed E-state index contributed by atoms with van der Waals surface area (Å²) < 4.78 is 15.4. The van der Waals surface area contributed by atoms with Crippen molar-refractivity contribution in [3.05, 3.63) is 18.3 Å². The molecule has 70 valence electrons. The van der Waals surface area contributed by atoms with Crippen LogP contribution in [0.15, 0.2) is 18.3 Å². The zero-order chi connectivity index (χ0) is 9.84. The highest BCUT2D eigenvalue weighted by Gasteiger charge is 2.11. The second-order valence-corrected chi connectivity index (χ2v) is 3.16. The Hall–Kier alpha value is -0.405. The fraction of sp³-hybridized carbons (Fsp3) is 0.167. The van der Waals surface area contributed by atoms with Gasteiger partial charge in [-0.15, -0.1) is 0 Å². The zero-order valence-corrected chi connectivity index (χ0v) is 8.55. The minimum absolute atomic E-state index is 0.103. The van der Waals surface area contributed by atoms with E-state index in [1.165, 1.54) is 40.9 Å². The van der Waals surface area contributed by atoms with Crippen LogP contribution >= 0.6 is 22.6 Å². The number of hydrogen-bond donors (Lipinski definition) is 2. The number of hydrogen-bond acceptors (Lipinski definition) is 4. The van der Waals surface area contributed by atoms with Gasteiger partial charge in [0.25, 0.3) is 4.36 Å². The van der Waals surface area contributed by atoms with Gasteiger partial charge in [0.15, 0.2) is 0 Å². The number of alkyl halides is 2. The summed E-state index contributed by atoms with van der Waals surface area (Å²) in [4.78, 5) is 3.65. The Kier molecular flexibility index (Phi) is 3.88. The number of nitrogens with zero attached hydrogens (tertiary/aromatic N) is 1. The van der Waals surface area contributed by atoms with Gasteiger partial charge in [-0.2, -0.15) is 4.39 Å². The lowest BCUT2D eigenvalue weighted by Gasteiger charge is -2.04. The SMILES string of the molecule is OB(O)c1ccc(OC(F)I)nc1. The van der Waals surface area contributed by atoms with Crippen LogP contribution in [0.3, 0.4) is 0 Å². The van der Waals surface area contributed by atoms with E-state index in [0.717, 1.165) is 0 Å². The van der Waals surface area contributed by atoms with Crippen molar-refractivity contribution in [3.8, 4) is 5.88 Å². The van der Waals surface area contributed by atoms with Crippen LogP contribution in [-0.4, -0.2) is 26.5 Å². The molecule has 2 N–H and O–H groups in total. The molecule has 1 heterocycles. The standard InChI is InChI=1S/C6H6BFINO3/c8-6(9)13-5-2-1-4(3-10-5)7(11)12/h1-3,6,11-12H. The fourth-order valence-electron chi connectivity index (χ4n) is 0.705. The molecule has 1 aromatic rings. The van der Waals surface area contributed by atoms with E-state index in [0.29, 0.717) is 0 Å². The Morgan fingerprint density at radius 2 is 2.23 bits per heavy atom. The van der Waals surface area contributed by atoms with E-state index in [-0.39, 0.29) is 11.3 Å². The topological polar surface area (TPSA) is 62.6 Å². The molecule has 1 unspecified atom stereocenters. The van der Waals surface area contributed by atoms with E-state index >= 15 is 0 Å². The molecule has 0 amide bonds. The van der Waals surface area contributed by atoms with E-state index in [1.807, 2.05) is 0 Å². The molecule has 1 aromatic heterocycles. The Balaban J connectivity index is 2.70. The third-order valence-electron chi connectivity index (χ3n) is 1.27. The molecule has 0 bridgehead atoms. The molecule has 0 saturated heterocycles. The van der Waals surface area contributed by atoms with E-state index in [4.69, 9.17) is 10.0 Å². The summed E-state index contributed by atoms with van der Waals surface area (Å²) in [5, 5.41) is 17.4. The molecule has 0 fully saturated rings. The van der Waals surface area contributed by atoms with Crippen LogP contribution in [0.25, 0.3) is 0 Å². The fourth-order valence-corrected chi connectivity index (χ4v) is 0.966. The van der Waals surface area contributed by atoms with Crippen molar-refractivity contribution in [2.45, 2.75) is 4.36 Å². The summed E-state index contributed by atoms with van der Waals surface area (Å²) in [6.45, 7) is 0. The molecular formula is C6H6BFINO3. The van der Waals surface area contributed by atoms with Crippen LogP contribution in [0.2, 0.25) is 0 Å². The van der Waals surface area contributed by atoms with Crippen molar-refractivity contribution >= 4 is 35.2 Å². The van der Waals surface area contributed by atoms with Crippen molar-refractivity contribution in [2.75, 3.05) is 0 Å². The lowest BCUT2D eigenvalue weighted by Crippen LogP contribution is -2.29. The smallest absolute Gasteiger partial charge is 0.434 e. The number of halogens is 2. The van der Waals surface area contributed by atoms with Gasteiger partial charge in [-0.1, -0.05) is 6.07 Å². The van der Waals surface area contributed by atoms with Gasteiger partial charge in [0.2, 0.25) is 5.88 Å². The Morgan fingerprint density at radius 1 is 1.54 bits per heavy atom. The quantitative estimate of drug-likeness (QED) is 0.462. The molecule has 13 heavy (non-hydrogen) atoms. The first-order valence-electron chi connectivity index (χ1n) is 3.36. The highest BCUT2D eigenvalue weighted by molar-refractivity contribution is 14.1. The monoisotopic (exact) mass is 297 g/mol. The Bertz CT molecular complexity index is 269. The first-order chi connectivity index (χ1) is 6.09. The van der Waals surface area contributed by atoms with Crippen LogP contribution < -0.4 is 10.2 Å². The summed E-state index contributed by atoms with van der Waals surface area (Å²) in [7, 11) is -1.57. The molecule has 0 aliphatic heterocycles. The Morgan fingerprint density at radius 3 is 2.62 bits per heavy atom. The summed E-state index contributed by atoms with van der Waals surface area (Å²) in [5.41, 5.74) is 0.233. The van der Waals surface area contributed by atoms with Gasteiger partial charge in [-0.3, -0.25) is 0 Å². The number of ether oxygens (including phenoxy) is 1. The van der Waals surface area contributed by atoms with Crippen LogP contribution in [0, 0.1) is 0 Å². The minimum Gasteiger partial charge on any atom is -0.434 e. The maximum Gasteiger partial charge on any atom is 0.490 e. The van der Waals surface area contributed by atoms with Crippen molar-refractivity contribution in [1.82, 2.24) is 4.98 Å². The highest BCUT2D eigenvalue weighted by Crippen LogP contribution is 2.10. The highest BCUT2D eigenvalue weighted by atomic mass is 127. The first kappa shape index (κ1) is 10.7. The van der Waals surface area contributed by atoms with Crippen LogP contribution in [-0.2, 0) is 0 Å². The van der Waals surface area contributed by atoms with Crippen LogP contribution in [0.4, 0.5) is 4.39 Å². The van der Waals surface area contributed by atoms with Crippen molar-refractivity contribution < 1.29 is 19.2 Å². The largest absolute Gasteiger partial charge is 0.490 e. The minimum atomic E-state index is -1.57. The third-order valence-corrected chi connectivity index (χ3v) is 1.52. The van der Waals surface area contributed by atoms with E-state index in [1.54, 1.807) is 0 Å². The normalized spacial score (nSPS) is 12.3. The third kappa shape index (κ3) is 3.45. The lowest BCUT2D eigenvalue weighted by molar-refractivity contribution is 0.164. The number of aromatic nitrogens is 1. The molecule has 0 spiro atoms. The van der Waals surface area contributed by atoms with Crippen LogP contribution in [0.5, 0.6) is 5.88 Å². The number of pyridine rings is 1. The molecule has 0 aliphatic rings. The van der Waals surface area contributed by atoms with Gasteiger partial charge in [0.05, 0.1) is 0 Å². The molecule has 7 heteroatoms. The summed E-state index contributed by atoms with van der Waals surface area (Å²) in [6.07, 6.45) is 1.21. The van der Waals surface area contributed by atoms with E-state index in [2.05, 4.69) is 9.72 Å². The van der Waals surface area contributed by atoms with Gasteiger partial charge < -0.3 is 14.8 Å². The lowest BCUT2D eigenvalue weighted by atomic mass is 9.82. The average molecular weight is 297 g/mol. The molecule has 4 nitrogen and oxygen atoms in total. The van der Waals surface area contributed by atoms with Crippen molar-refractivity contribution in [3.63, 3.8) is 0 Å². The van der Waals surface area contributed by atoms with Gasteiger partial charge in [0, 0.05) is 40.3 Å². The molecule has 0 aromatic carbocycles. The van der Waals surface area contributed by atoms with Gasteiger partial charge >= 0.3 is 7.12 Å². The zero-order valence-electron chi connectivity index (χ0n) is 6.39. The predicted molar refractivity (Wildman–Crippen MR) is 53.6 cm³/mol. The van der Waals surface area contributed by atoms with Crippen LogP contribution in [0.1, 0.15) is 0 Å². The maximum atomic E-state index is 12.3. The average Bonchev–Trinajstić information content (AvgIpc) is 2.04. The van der Waals surface area contributed by atoms with Crippen molar-refractivity contribution in [2.24, 2.45) is 0 Å². The first-order valence-corrected chi connectivity index (χ1v) is 4.61.